The van der Waals surface area contributed by atoms with E-state index >= 15 is 0 Å². The lowest BCUT2D eigenvalue weighted by Crippen LogP contribution is -2.27. The fourth-order valence-corrected chi connectivity index (χ4v) is 3.17. The number of aromatic nitrogens is 2. The molecule has 2 heterocycles. The molecule has 0 aromatic carbocycles. The van der Waals surface area contributed by atoms with Gasteiger partial charge in [0.2, 0.25) is 0 Å². The van der Waals surface area contributed by atoms with Gasteiger partial charge in [-0.1, -0.05) is 13.8 Å². The summed E-state index contributed by atoms with van der Waals surface area (Å²) in [5.74, 6) is -1.31. The molecule has 0 saturated heterocycles. The fourth-order valence-electron chi connectivity index (χ4n) is 2.12. The molecular weight excluding hydrogens is 314 g/mol. The zero-order valence-electron chi connectivity index (χ0n) is 13.1. The van der Waals surface area contributed by atoms with Gasteiger partial charge in [0.25, 0.3) is 5.56 Å². The van der Waals surface area contributed by atoms with Gasteiger partial charge in [0.15, 0.2) is 11.7 Å². The molecule has 2 rings (SSSR count). The number of pyridine rings is 1. The monoisotopic (exact) mass is 331 g/mol. The second-order valence-electron chi connectivity index (χ2n) is 5.57. The van der Waals surface area contributed by atoms with Crippen LogP contribution in [0.15, 0.2) is 22.3 Å². The van der Waals surface area contributed by atoms with Crippen LogP contribution in [0.3, 0.4) is 0 Å². The van der Waals surface area contributed by atoms with E-state index in [0.717, 1.165) is 11.8 Å². The molecule has 23 heavy (non-hydrogen) atoms. The molecule has 2 aromatic heterocycles. The van der Waals surface area contributed by atoms with E-state index < -0.39 is 17.3 Å². The number of nitrogens with zero attached hydrogens (tertiary/aromatic N) is 3. The minimum atomic E-state index is -0.993. The van der Waals surface area contributed by atoms with Crippen molar-refractivity contribution in [3.8, 4) is 11.8 Å². The van der Waals surface area contributed by atoms with E-state index in [9.17, 15) is 20.0 Å². The van der Waals surface area contributed by atoms with E-state index in [2.05, 4.69) is 4.98 Å². The predicted molar refractivity (Wildman–Crippen MR) is 86.7 cm³/mol. The Hall–Kier alpha value is -2.46. The average molecular weight is 331 g/mol. The summed E-state index contributed by atoms with van der Waals surface area (Å²) in [6, 6.07) is 4.42. The van der Waals surface area contributed by atoms with Gasteiger partial charge in [0.1, 0.15) is 10.8 Å². The standard InChI is InChI=1S/C16H17N3O3S/c1-9(2)13-8-23-16(18-13)12(6-17)14(21)7-19-10(3)4-11(20)5-15(19)22/h4-5,8-9,12,20H,7H2,1-3H3/t12-/m1/s1. The predicted octanol–water partition coefficient (Wildman–Crippen LogP) is 2.32. The molecule has 0 bridgehead atoms. The van der Waals surface area contributed by atoms with E-state index in [1.165, 1.54) is 22.0 Å². The highest BCUT2D eigenvalue weighted by molar-refractivity contribution is 7.10. The Labute approximate surface area is 137 Å². The normalized spacial score (nSPS) is 12.1. The molecule has 1 atom stereocenters. The highest BCUT2D eigenvalue weighted by Crippen LogP contribution is 2.25. The number of rotatable bonds is 5. The summed E-state index contributed by atoms with van der Waals surface area (Å²) in [7, 11) is 0. The van der Waals surface area contributed by atoms with Gasteiger partial charge in [-0.25, -0.2) is 4.98 Å². The number of aryl methyl sites for hydroxylation is 1. The Morgan fingerprint density at radius 1 is 1.48 bits per heavy atom. The molecule has 0 spiro atoms. The lowest BCUT2D eigenvalue weighted by Gasteiger charge is -2.11. The Balaban J connectivity index is 2.28. The number of Topliss-reactive ketones (excluding diaryl/α,β-unsaturated/α-hetero) is 1. The molecule has 0 amide bonds. The maximum absolute atomic E-state index is 12.4. The Bertz CT molecular complexity index is 830. The number of carbonyl (C=O) groups is 1. The molecule has 0 aliphatic rings. The molecule has 120 valence electrons. The first-order valence-corrected chi connectivity index (χ1v) is 7.99. The van der Waals surface area contributed by atoms with Crippen molar-refractivity contribution in [2.75, 3.05) is 0 Å². The third kappa shape index (κ3) is 3.66. The summed E-state index contributed by atoms with van der Waals surface area (Å²) in [6.07, 6.45) is 0. The second kappa shape index (κ2) is 6.75. The maximum atomic E-state index is 12.4. The van der Waals surface area contributed by atoms with Crippen LogP contribution in [-0.4, -0.2) is 20.4 Å². The Morgan fingerprint density at radius 3 is 2.70 bits per heavy atom. The van der Waals surface area contributed by atoms with Gasteiger partial charge in [0, 0.05) is 17.1 Å². The lowest BCUT2D eigenvalue weighted by atomic mass is 10.1. The van der Waals surface area contributed by atoms with Crippen LogP contribution in [0.1, 0.15) is 42.1 Å². The van der Waals surface area contributed by atoms with Crippen molar-refractivity contribution in [1.82, 2.24) is 9.55 Å². The second-order valence-corrected chi connectivity index (χ2v) is 6.46. The van der Waals surface area contributed by atoms with E-state index in [1.807, 2.05) is 25.3 Å². The smallest absolute Gasteiger partial charge is 0.254 e. The highest BCUT2D eigenvalue weighted by atomic mass is 32.1. The van der Waals surface area contributed by atoms with Crippen LogP contribution in [0.25, 0.3) is 0 Å². The van der Waals surface area contributed by atoms with Crippen LogP contribution < -0.4 is 5.56 Å². The van der Waals surface area contributed by atoms with Crippen molar-refractivity contribution in [2.24, 2.45) is 0 Å². The van der Waals surface area contributed by atoms with Crippen LogP contribution in [0.2, 0.25) is 0 Å². The van der Waals surface area contributed by atoms with E-state index in [-0.39, 0.29) is 18.2 Å². The molecule has 0 unspecified atom stereocenters. The van der Waals surface area contributed by atoms with Gasteiger partial charge in [-0.15, -0.1) is 11.3 Å². The van der Waals surface area contributed by atoms with Crippen molar-refractivity contribution < 1.29 is 9.90 Å². The Kier molecular flexibility index (Phi) is 4.96. The zero-order valence-corrected chi connectivity index (χ0v) is 13.9. The Morgan fingerprint density at radius 2 is 2.17 bits per heavy atom. The minimum Gasteiger partial charge on any atom is -0.508 e. The number of nitriles is 1. The van der Waals surface area contributed by atoms with Gasteiger partial charge in [-0.2, -0.15) is 5.26 Å². The first-order chi connectivity index (χ1) is 10.8. The maximum Gasteiger partial charge on any atom is 0.254 e. The van der Waals surface area contributed by atoms with Crippen LogP contribution in [0.5, 0.6) is 5.75 Å². The van der Waals surface area contributed by atoms with Crippen molar-refractivity contribution in [1.29, 1.82) is 5.26 Å². The minimum absolute atomic E-state index is 0.144. The van der Waals surface area contributed by atoms with Crippen LogP contribution in [-0.2, 0) is 11.3 Å². The summed E-state index contributed by atoms with van der Waals surface area (Å²) in [6.45, 7) is 5.37. The molecule has 0 saturated carbocycles. The van der Waals surface area contributed by atoms with Crippen LogP contribution in [0, 0.1) is 18.3 Å². The van der Waals surface area contributed by atoms with Crippen molar-refractivity contribution >= 4 is 17.1 Å². The number of hydrogen-bond acceptors (Lipinski definition) is 6. The summed E-state index contributed by atoms with van der Waals surface area (Å²) >= 11 is 1.28. The summed E-state index contributed by atoms with van der Waals surface area (Å²) < 4.78 is 1.24. The summed E-state index contributed by atoms with van der Waals surface area (Å²) in [4.78, 5) is 28.7. The molecule has 0 fully saturated rings. The van der Waals surface area contributed by atoms with E-state index in [4.69, 9.17) is 0 Å². The molecule has 6 nitrogen and oxygen atoms in total. The van der Waals surface area contributed by atoms with Crippen molar-refractivity contribution in [3.05, 3.63) is 44.3 Å². The average Bonchev–Trinajstić information content (AvgIpc) is 2.93. The van der Waals surface area contributed by atoms with Crippen LogP contribution >= 0.6 is 11.3 Å². The molecule has 0 radical (unpaired) electrons. The first-order valence-electron chi connectivity index (χ1n) is 7.11. The van der Waals surface area contributed by atoms with Crippen LogP contribution in [0.4, 0.5) is 0 Å². The number of aromatic hydroxyl groups is 1. The summed E-state index contributed by atoms with van der Waals surface area (Å²) in [5.41, 5.74) is 0.827. The van der Waals surface area contributed by atoms with Gasteiger partial charge in [0.05, 0.1) is 18.3 Å². The van der Waals surface area contributed by atoms with Gasteiger partial charge in [-0.05, 0) is 18.9 Å². The fraction of sp³-hybridized carbons (Fsp3) is 0.375. The van der Waals surface area contributed by atoms with Crippen molar-refractivity contribution in [3.63, 3.8) is 0 Å². The van der Waals surface area contributed by atoms with E-state index in [0.29, 0.717) is 10.7 Å². The zero-order chi connectivity index (χ0) is 17.1. The SMILES string of the molecule is Cc1cc(O)cc(=O)n1CC(=O)[C@@H](C#N)c1nc(C(C)C)cs1. The van der Waals surface area contributed by atoms with E-state index in [1.54, 1.807) is 6.92 Å². The molecular formula is C16H17N3O3S. The van der Waals surface area contributed by atoms with Gasteiger partial charge in [-0.3, -0.25) is 9.59 Å². The molecule has 7 heteroatoms. The van der Waals surface area contributed by atoms with Gasteiger partial charge < -0.3 is 9.67 Å². The number of carbonyl (C=O) groups excluding carboxylic acids is 1. The lowest BCUT2D eigenvalue weighted by molar-refractivity contribution is -0.120. The third-order valence-corrected chi connectivity index (χ3v) is 4.39. The topological polar surface area (TPSA) is 96.0 Å². The number of thiazole rings is 1. The third-order valence-electron chi connectivity index (χ3n) is 3.46. The summed E-state index contributed by atoms with van der Waals surface area (Å²) in [5, 5.41) is 21.0. The molecule has 0 aliphatic carbocycles. The van der Waals surface area contributed by atoms with Gasteiger partial charge >= 0.3 is 0 Å². The number of hydrogen-bond donors (Lipinski definition) is 1. The largest absolute Gasteiger partial charge is 0.508 e. The first kappa shape index (κ1) is 16.9. The molecule has 0 aliphatic heterocycles. The molecule has 2 aromatic rings. The number of ketones is 1. The quantitative estimate of drug-likeness (QED) is 0.907. The molecule has 1 N–H and O–H groups in total. The highest BCUT2D eigenvalue weighted by Gasteiger charge is 2.25. The van der Waals surface area contributed by atoms with Crippen molar-refractivity contribution in [2.45, 2.75) is 39.2 Å².